The van der Waals surface area contributed by atoms with Gasteiger partial charge in [0.1, 0.15) is 11.9 Å². The number of ether oxygens (including phenoxy) is 1. The van der Waals surface area contributed by atoms with E-state index in [2.05, 4.69) is 11.8 Å². The highest BCUT2D eigenvalue weighted by Gasteiger charge is 2.29. The molecule has 1 saturated heterocycles. The van der Waals surface area contributed by atoms with Crippen molar-refractivity contribution in [2.45, 2.75) is 25.9 Å². The minimum Gasteiger partial charge on any atom is -0.489 e. The maximum atomic E-state index is 11.4. The molecule has 1 aliphatic rings. The maximum Gasteiger partial charge on any atom is 0.154 e. The number of hydrogen-bond acceptors (Lipinski definition) is 3. The number of sulfone groups is 1. The number of aryl methyl sites for hydroxylation is 1. The largest absolute Gasteiger partial charge is 0.489 e. The van der Waals surface area contributed by atoms with Crippen molar-refractivity contribution in [1.82, 2.24) is 0 Å². The molecule has 3 nitrogen and oxygen atoms in total. The van der Waals surface area contributed by atoms with Gasteiger partial charge in [-0.1, -0.05) is 11.8 Å². The van der Waals surface area contributed by atoms with Gasteiger partial charge in [0.2, 0.25) is 0 Å². The zero-order valence-electron chi connectivity index (χ0n) is 11.4. The fourth-order valence-electron chi connectivity index (χ4n) is 2.10. The predicted octanol–water partition coefficient (Wildman–Crippen LogP) is 2.54. The predicted molar refractivity (Wildman–Crippen MR) is 81.1 cm³/mol. The molecule has 0 bridgehead atoms. The van der Waals surface area contributed by atoms with Crippen molar-refractivity contribution >= 4 is 21.4 Å². The topological polar surface area (TPSA) is 43.4 Å². The molecular formula is C15H17ClO3S. The summed E-state index contributed by atoms with van der Waals surface area (Å²) in [6.45, 7) is 1.96. The summed E-state index contributed by atoms with van der Waals surface area (Å²) in [4.78, 5) is 0. The zero-order chi connectivity index (χ0) is 14.6. The van der Waals surface area contributed by atoms with Crippen LogP contribution in [-0.4, -0.2) is 31.9 Å². The SMILES string of the molecule is Cc1cc(OC2CCS(=O)(=O)C2)ccc1C#CCCCl. The molecule has 1 aromatic carbocycles. The van der Waals surface area contributed by atoms with Crippen molar-refractivity contribution in [3.05, 3.63) is 29.3 Å². The molecule has 108 valence electrons. The molecule has 1 unspecified atom stereocenters. The van der Waals surface area contributed by atoms with Crippen molar-refractivity contribution < 1.29 is 13.2 Å². The Balaban J connectivity index is 2.05. The first kappa shape index (κ1) is 15.2. The van der Waals surface area contributed by atoms with Crippen molar-refractivity contribution in [2.75, 3.05) is 17.4 Å². The first-order chi connectivity index (χ1) is 9.50. The molecule has 20 heavy (non-hydrogen) atoms. The van der Waals surface area contributed by atoms with Crippen LogP contribution in [0.4, 0.5) is 0 Å². The Morgan fingerprint density at radius 1 is 1.45 bits per heavy atom. The molecule has 0 aliphatic carbocycles. The van der Waals surface area contributed by atoms with Gasteiger partial charge in [-0.3, -0.25) is 0 Å². The lowest BCUT2D eigenvalue weighted by Crippen LogP contribution is -2.17. The van der Waals surface area contributed by atoms with Crippen LogP contribution in [0.15, 0.2) is 18.2 Å². The van der Waals surface area contributed by atoms with E-state index in [4.69, 9.17) is 16.3 Å². The van der Waals surface area contributed by atoms with Crippen LogP contribution < -0.4 is 4.74 Å². The van der Waals surface area contributed by atoms with Crippen LogP contribution in [0.2, 0.25) is 0 Å². The number of alkyl halides is 1. The molecule has 1 aliphatic heterocycles. The van der Waals surface area contributed by atoms with Gasteiger partial charge >= 0.3 is 0 Å². The highest BCUT2D eigenvalue weighted by molar-refractivity contribution is 7.91. The van der Waals surface area contributed by atoms with Gasteiger partial charge in [0.15, 0.2) is 9.84 Å². The lowest BCUT2D eigenvalue weighted by atomic mass is 10.1. The van der Waals surface area contributed by atoms with Gasteiger partial charge < -0.3 is 4.74 Å². The molecule has 2 rings (SSSR count). The molecule has 1 fully saturated rings. The van der Waals surface area contributed by atoms with Gasteiger partial charge in [0.25, 0.3) is 0 Å². The van der Waals surface area contributed by atoms with Gasteiger partial charge in [-0.05, 0) is 37.1 Å². The summed E-state index contributed by atoms with van der Waals surface area (Å²) >= 11 is 5.58. The average molecular weight is 313 g/mol. The standard InChI is InChI=1S/C15H17ClO3S/c1-12-10-14(6-5-13(12)4-2-3-8-16)19-15-7-9-20(17,18)11-15/h5-6,10,15H,3,7-9,11H2,1H3. The lowest BCUT2D eigenvalue weighted by molar-refractivity contribution is 0.229. The molecule has 0 aromatic heterocycles. The van der Waals surface area contributed by atoms with E-state index in [-0.39, 0.29) is 17.6 Å². The number of halogens is 1. The molecule has 0 radical (unpaired) electrons. The van der Waals surface area contributed by atoms with Crippen molar-refractivity contribution in [2.24, 2.45) is 0 Å². The highest BCUT2D eigenvalue weighted by atomic mass is 35.5. The number of hydrogen-bond donors (Lipinski definition) is 0. The van der Waals surface area contributed by atoms with Crippen LogP contribution in [0.1, 0.15) is 24.0 Å². The normalized spacial score (nSPS) is 20.2. The second kappa shape index (κ2) is 6.51. The third-order valence-electron chi connectivity index (χ3n) is 3.13. The Kier molecular flexibility index (Phi) is 4.95. The zero-order valence-corrected chi connectivity index (χ0v) is 12.9. The van der Waals surface area contributed by atoms with Gasteiger partial charge in [0, 0.05) is 17.9 Å². The average Bonchev–Trinajstić information content (AvgIpc) is 2.71. The van der Waals surface area contributed by atoms with Gasteiger partial charge in [-0.25, -0.2) is 8.42 Å². The molecule has 0 saturated carbocycles. The van der Waals surface area contributed by atoms with Crippen LogP contribution in [0.5, 0.6) is 5.75 Å². The van der Waals surface area contributed by atoms with Crippen LogP contribution in [0, 0.1) is 18.8 Å². The molecule has 1 heterocycles. The van der Waals surface area contributed by atoms with Crippen LogP contribution in [-0.2, 0) is 9.84 Å². The molecule has 5 heteroatoms. The minimum absolute atomic E-state index is 0.114. The first-order valence-corrected chi connectivity index (χ1v) is 8.88. The fraction of sp³-hybridized carbons (Fsp3) is 0.467. The van der Waals surface area contributed by atoms with E-state index in [1.54, 1.807) is 0 Å². The van der Waals surface area contributed by atoms with Crippen LogP contribution >= 0.6 is 11.6 Å². The number of rotatable bonds is 3. The fourth-order valence-corrected chi connectivity index (χ4v) is 3.79. The van der Waals surface area contributed by atoms with Crippen molar-refractivity contribution in [3.63, 3.8) is 0 Å². The number of benzene rings is 1. The smallest absolute Gasteiger partial charge is 0.154 e. The molecule has 1 atom stereocenters. The summed E-state index contributed by atoms with van der Waals surface area (Å²) in [5.74, 6) is 7.62. The third kappa shape index (κ3) is 4.16. The Labute approximate surface area is 125 Å². The lowest BCUT2D eigenvalue weighted by Gasteiger charge is -2.12. The maximum absolute atomic E-state index is 11.4. The summed E-state index contributed by atoms with van der Waals surface area (Å²) < 4.78 is 28.5. The Hall–Kier alpha value is -1.18. The van der Waals surface area contributed by atoms with E-state index < -0.39 is 9.84 Å². The highest BCUT2D eigenvalue weighted by Crippen LogP contribution is 2.22. The third-order valence-corrected chi connectivity index (χ3v) is 5.06. The first-order valence-electron chi connectivity index (χ1n) is 6.53. The van der Waals surface area contributed by atoms with Gasteiger partial charge in [-0.15, -0.1) is 11.6 Å². The minimum atomic E-state index is -2.91. The Morgan fingerprint density at radius 3 is 2.85 bits per heavy atom. The van der Waals surface area contributed by atoms with Crippen molar-refractivity contribution in [1.29, 1.82) is 0 Å². The molecule has 1 aromatic rings. The van der Waals surface area contributed by atoms with Crippen LogP contribution in [0.3, 0.4) is 0 Å². The van der Waals surface area contributed by atoms with E-state index in [0.29, 0.717) is 24.5 Å². The molecule has 0 amide bonds. The van der Waals surface area contributed by atoms with E-state index >= 15 is 0 Å². The van der Waals surface area contributed by atoms with Gasteiger partial charge in [0.05, 0.1) is 11.5 Å². The Bertz CT molecular complexity index is 641. The summed E-state index contributed by atoms with van der Waals surface area (Å²) in [6, 6.07) is 5.63. The summed E-state index contributed by atoms with van der Waals surface area (Å²) in [7, 11) is -2.91. The van der Waals surface area contributed by atoms with Crippen molar-refractivity contribution in [3.8, 4) is 17.6 Å². The second-order valence-electron chi connectivity index (χ2n) is 4.86. The summed E-state index contributed by atoms with van der Waals surface area (Å²) in [5.41, 5.74) is 1.96. The van der Waals surface area contributed by atoms with Crippen LogP contribution in [0.25, 0.3) is 0 Å². The van der Waals surface area contributed by atoms with E-state index in [1.165, 1.54) is 0 Å². The summed E-state index contributed by atoms with van der Waals surface area (Å²) in [5, 5.41) is 0. The molecular weight excluding hydrogens is 296 g/mol. The van der Waals surface area contributed by atoms with Gasteiger partial charge in [-0.2, -0.15) is 0 Å². The monoisotopic (exact) mass is 312 g/mol. The van der Waals surface area contributed by atoms with E-state index in [9.17, 15) is 8.42 Å². The molecule has 0 spiro atoms. The quantitative estimate of drug-likeness (QED) is 0.636. The summed E-state index contributed by atoms with van der Waals surface area (Å²) in [6.07, 6.45) is 1.00. The van der Waals surface area contributed by atoms with E-state index in [0.717, 1.165) is 11.1 Å². The second-order valence-corrected chi connectivity index (χ2v) is 7.47. The Morgan fingerprint density at radius 2 is 2.25 bits per heavy atom. The molecule has 0 N–H and O–H groups in total. The van der Waals surface area contributed by atoms with E-state index in [1.807, 2.05) is 25.1 Å².